The molecule has 3 aromatic rings. The molecule has 6 heteroatoms. The van der Waals surface area contributed by atoms with E-state index in [-0.39, 0.29) is 0 Å². The third kappa shape index (κ3) is 2.47. The normalized spacial score (nSPS) is 15.0. The molecule has 1 aliphatic heterocycles. The van der Waals surface area contributed by atoms with Gasteiger partial charge in [-0.1, -0.05) is 6.07 Å². The lowest BCUT2D eigenvalue weighted by molar-refractivity contribution is 0.112. The van der Waals surface area contributed by atoms with Crippen LogP contribution >= 0.6 is 0 Å². The monoisotopic (exact) mass is 308 g/mol. The Bertz CT molecular complexity index is 853. The summed E-state index contributed by atoms with van der Waals surface area (Å²) in [6.07, 6.45) is 4.49. The number of ether oxygens (including phenoxy) is 1. The average Bonchev–Trinajstić information content (AvgIpc) is 3.01. The van der Waals surface area contributed by atoms with Crippen LogP contribution in [0.1, 0.15) is 10.5 Å². The third-order valence-corrected chi connectivity index (χ3v) is 4.02. The number of pyridine rings is 2. The zero-order valence-electron chi connectivity index (χ0n) is 12.6. The Hall–Kier alpha value is -2.73. The molecule has 0 spiro atoms. The van der Waals surface area contributed by atoms with Crippen LogP contribution < -0.4 is 4.90 Å². The molecule has 4 rings (SSSR count). The van der Waals surface area contributed by atoms with Crippen LogP contribution in [0.5, 0.6) is 0 Å². The van der Waals surface area contributed by atoms with E-state index in [4.69, 9.17) is 4.74 Å². The van der Waals surface area contributed by atoms with Crippen molar-refractivity contribution in [3.8, 4) is 11.3 Å². The molecule has 0 amide bonds. The Balaban J connectivity index is 1.83. The lowest BCUT2D eigenvalue weighted by atomic mass is 10.1. The van der Waals surface area contributed by atoms with Gasteiger partial charge in [0.05, 0.1) is 18.9 Å². The topological polar surface area (TPSA) is 59.7 Å². The van der Waals surface area contributed by atoms with E-state index in [9.17, 15) is 4.79 Å². The lowest BCUT2D eigenvalue weighted by Crippen LogP contribution is -2.36. The Morgan fingerprint density at radius 3 is 2.87 bits per heavy atom. The molecule has 4 heterocycles. The predicted molar refractivity (Wildman–Crippen MR) is 86.8 cm³/mol. The Morgan fingerprint density at radius 1 is 1.17 bits per heavy atom. The van der Waals surface area contributed by atoms with E-state index in [0.717, 1.165) is 42.1 Å². The van der Waals surface area contributed by atoms with Crippen LogP contribution in [0.4, 0.5) is 5.82 Å². The highest BCUT2D eigenvalue weighted by molar-refractivity contribution is 5.86. The maximum atomic E-state index is 11.4. The summed E-state index contributed by atoms with van der Waals surface area (Å²) in [5, 5.41) is 0. The summed E-state index contributed by atoms with van der Waals surface area (Å²) in [7, 11) is 0. The van der Waals surface area contributed by atoms with E-state index in [1.54, 1.807) is 6.20 Å². The van der Waals surface area contributed by atoms with Crippen LogP contribution in [-0.4, -0.2) is 47.0 Å². The van der Waals surface area contributed by atoms with Gasteiger partial charge in [0.25, 0.3) is 0 Å². The number of hydrogen-bond donors (Lipinski definition) is 0. The van der Waals surface area contributed by atoms with Crippen molar-refractivity contribution in [1.82, 2.24) is 14.4 Å². The minimum absolute atomic E-state index is 0.440. The smallest absolute Gasteiger partial charge is 0.170 e. The van der Waals surface area contributed by atoms with Gasteiger partial charge in [-0.25, -0.2) is 9.97 Å². The third-order valence-electron chi connectivity index (χ3n) is 4.02. The molecule has 0 saturated carbocycles. The quantitative estimate of drug-likeness (QED) is 0.693. The molecule has 1 saturated heterocycles. The number of aromatic nitrogens is 3. The number of hydrogen-bond acceptors (Lipinski definition) is 5. The van der Waals surface area contributed by atoms with Crippen LogP contribution in [0.3, 0.4) is 0 Å². The van der Waals surface area contributed by atoms with E-state index in [1.165, 1.54) is 0 Å². The molecule has 1 fully saturated rings. The second kappa shape index (κ2) is 5.81. The first-order chi connectivity index (χ1) is 11.4. The van der Waals surface area contributed by atoms with Gasteiger partial charge in [-0.15, -0.1) is 0 Å². The molecule has 0 aliphatic carbocycles. The zero-order chi connectivity index (χ0) is 15.6. The van der Waals surface area contributed by atoms with E-state index in [2.05, 4.69) is 14.9 Å². The summed E-state index contributed by atoms with van der Waals surface area (Å²) in [5.74, 6) is 0.897. The van der Waals surface area contributed by atoms with Crippen molar-refractivity contribution in [1.29, 1.82) is 0 Å². The number of fused-ring (bicyclic) bond motifs is 1. The van der Waals surface area contributed by atoms with E-state index in [1.807, 2.05) is 40.9 Å². The van der Waals surface area contributed by atoms with Crippen molar-refractivity contribution in [2.45, 2.75) is 0 Å². The lowest BCUT2D eigenvalue weighted by Gasteiger charge is -2.28. The first-order valence-corrected chi connectivity index (χ1v) is 7.58. The summed E-state index contributed by atoms with van der Waals surface area (Å²) >= 11 is 0. The summed E-state index contributed by atoms with van der Waals surface area (Å²) < 4.78 is 7.32. The van der Waals surface area contributed by atoms with Crippen LogP contribution in [0.25, 0.3) is 16.9 Å². The highest BCUT2D eigenvalue weighted by Gasteiger charge is 2.17. The maximum Gasteiger partial charge on any atom is 0.170 e. The Kier molecular flexibility index (Phi) is 3.51. The number of nitrogens with zero attached hydrogens (tertiary/aromatic N) is 4. The fourth-order valence-electron chi connectivity index (χ4n) is 2.91. The minimum Gasteiger partial charge on any atom is -0.378 e. The molecule has 0 radical (unpaired) electrons. The number of carbonyl (C=O) groups excluding carboxylic acids is 1. The van der Waals surface area contributed by atoms with Crippen molar-refractivity contribution < 1.29 is 9.53 Å². The number of aldehydes is 1. The largest absolute Gasteiger partial charge is 0.378 e. The van der Waals surface area contributed by atoms with Gasteiger partial charge < -0.3 is 9.64 Å². The van der Waals surface area contributed by atoms with E-state index in [0.29, 0.717) is 18.9 Å². The van der Waals surface area contributed by atoms with E-state index >= 15 is 0 Å². The van der Waals surface area contributed by atoms with Crippen molar-refractivity contribution in [3.05, 3.63) is 48.4 Å². The van der Waals surface area contributed by atoms with Gasteiger partial charge in [0.15, 0.2) is 6.29 Å². The highest BCUT2D eigenvalue weighted by Crippen LogP contribution is 2.27. The molecule has 3 aromatic heterocycles. The predicted octanol–water partition coefficient (Wildman–Crippen LogP) is 2.05. The highest BCUT2D eigenvalue weighted by atomic mass is 16.5. The molecule has 1 aliphatic rings. The number of imidazole rings is 1. The molecule has 0 N–H and O–H groups in total. The fraction of sp³-hybridized carbons (Fsp3) is 0.235. The number of anilines is 1. The van der Waals surface area contributed by atoms with Gasteiger partial charge in [-0.3, -0.25) is 9.20 Å². The van der Waals surface area contributed by atoms with E-state index < -0.39 is 0 Å². The molecule has 0 atom stereocenters. The fourth-order valence-corrected chi connectivity index (χ4v) is 2.91. The minimum atomic E-state index is 0.440. The number of morpholine rings is 1. The van der Waals surface area contributed by atoms with Gasteiger partial charge in [-0.2, -0.15) is 0 Å². The van der Waals surface area contributed by atoms with Gasteiger partial charge in [-0.05, 0) is 24.3 Å². The average molecular weight is 308 g/mol. The SMILES string of the molecule is O=Cc1nc2ccccn2c1-c1ccnc(N2CCOCC2)c1. The van der Waals surface area contributed by atoms with Crippen molar-refractivity contribution >= 4 is 17.8 Å². The molecule has 116 valence electrons. The molecule has 23 heavy (non-hydrogen) atoms. The van der Waals surface area contributed by atoms with Crippen LogP contribution in [-0.2, 0) is 4.74 Å². The zero-order valence-corrected chi connectivity index (χ0v) is 12.6. The van der Waals surface area contributed by atoms with Crippen molar-refractivity contribution in [2.24, 2.45) is 0 Å². The molecular weight excluding hydrogens is 292 g/mol. The van der Waals surface area contributed by atoms with Gasteiger partial charge in [0, 0.05) is 31.0 Å². The van der Waals surface area contributed by atoms with Crippen LogP contribution in [0.15, 0.2) is 42.7 Å². The summed E-state index contributed by atoms with van der Waals surface area (Å²) in [6.45, 7) is 3.07. The van der Waals surface area contributed by atoms with Crippen LogP contribution in [0.2, 0.25) is 0 Å². The first kappa shape index (κ1) is 13.9. The first-order valence-electron chi connectivity index (χ1n) is 7.58. The Morgan fingerprint density at radius 2 is 2.04 bits per heavy atom. The van der Waals surface area contributed by atoms with Crippen LogP contribution in [0, 0.1) is 0 Å². The number of rotatable bonds is 3. The summed E-state index contributed by atoms with van der Waals surface area (Å²) in [5.41, 5.74) is 2.93. The summed E-state index contributed by atoms with van der Waals surface area (Å²) in [6, 6.07) is 9.64. The second-order valence-electron chi connectivity index (χ2n) is 5.39. The molecule has 0 bridgehead atoms. The molecule has 0 aromatic carbocycles. The second-order valence-corrected chi connectivity index (χ2v) is 5.39. The maximum absolute atomic E-state index is 11.4. The van der Waals surface area contributed by atoms with Gasteiger partial charge in [0.1, 0.15) is 17.2 Å². The van der Waals surface area contributed by atoms with Crippen molar-refractivity contribution in [3.63, 3.8) is 0 Å². The Labute approximate surface area is 133 Å². The molecular formula is C17H16N4O2. The van der Waals surface area contributed by atoms with Gasteiger partial charge in [0.2, 0.25) is 0 Å². The molecule has 6 nitrogen and oxygen atoms in total. The van der Waals surface area contributed by atoms with Gasteiger partial charge >= 0.3 is 0 Å². The summed E-state index contributed by atoms with van der Waals surface area (Å²) in [4.78, 5) is 22.5. The standard InChI is InChI=1S/C17H16N4O2/c22-12-14-17(21-6-2-1-3-15(21)19-14)13-4-5-18-16(11-13)20-7-9-23-10-8-20/h1-6,11-12H,7-10H2. The van der Waals surface area contributed by atoms with Crippen molar-refractivity contribution in [2.75, 3.05) is 31.2 Å². The number of carbonyl (C=O) groups is 1. The molecule has 0 unspecified atom stereocenters.